The van der Waals surface area contributed by atoms with E-state index in [2.05, 4.69) is 0 Å². The van der Waals surface area contributed by atoms with Crippen molar-refractivity contribution < 1.29 is 55.6 Å². The molecule has 0 spiro atoms. The average molecular weight is 790 g/mol. The van der Waals surface area contributed by atoms with Gasteiger partial charge in [-0.2, -0.15) is 0 Å². The standard InChI is InChI=1S/C35H30N3O11.C5H5.Fe/c1-46-12-13-47-14-15-48-16-17-49-35(39)31-21-26(36(40)41)19-29-28(18-25-10-8-24(9-11-25)7-6-23-4-2-3-5-23)30-20-27(37(42)43)22-32(38(44)45)34(30)33(29)31;1-2-4-5-3-1;/h2-11,18-22H,12-17H2,1H3;1-5H;/q;;+2/b7-6-,28-18+;;. The third kappa shape index (κ3) is 11.6. The third-order valence-electron chi connectivity index (χ3n) is 8.12. The molecule has 3 aliphatic rings. The summed E-state index contributed by atoms with van der Waals surface area (Å²) in [6.07, 6.45) is 23.2. The van der Waals surface area contributed by atoms with Gasteiger partial charge in [0.2, 0.25) is 0 Å². The molecule has 10 radical (unpaired) electrons. The normalized spacial score (nSPS) is 15.3. The SMILES string of the molecule is COCCOCCOCCOC(=O)c1cc([N+](=O)[O-])cc2c1-c1c(cc([N+](=O)[O-])cc1[N+](=O)[O-])/C2=C/c1ccc(/C=C\[C]2[CH][CH][CH][CH]2)cc1.[CH]1[CH][CH][CH][CH]1.[Fe+2]. The van der Waals surface area contributed by atoms with Crippen molar-refractivity contribution in [3.05, 3.63) is 176 Å². The van der Waals surface area contributed by atoms with E-state index >= 15 is 0 Å². The van der Waals surface area contributed by atoms with Crippen LogP contribution in [0.25, 0.3) is 28.9 Å². The summed E-state index contributed by atoms with van der Waals surface area (Å²) in [6, 6.07) is 11.4. The van der Waals surface area contributed by atoms with E-state index in [9.17, 15) is 35.1 Å². The van der Waals surface area contributed by atoms with Gasteiger partial charge in [-0.05, 0) is 86.1 Å². The number of nitrogens with zero attached hydrogens (tertiary/aromatic N) is 3. The molecule has 0 bridgehead atoms. The summed E-state index contributed by atoms with van der Waals surface area (Å²) >= 11 is 0. The van der Waals surface area contributed by atoms with Crippen molar-refractivity contribution in [1.29, 1.82) is 0 Å². The van der Waals surface area contributed by atoms with E-state index in [-0.39, 0.29) is 76.9 Å². The number of non-ortho nitro benzene ring substituents is 2. The van der Waals surface area contributed by atoms with Gasteiger partial charge in [0.05, 0.1) is 65.0 Å². The fraction of sp³-hybridized carbons (Fsp3) is 0.175. The maximum Gasteiger partial charge on any atom is 2.00 e. The number of methoxy groups -OCH3 is 1. The fourth-order valence-electron chi connectivity index (χ4n) is 5.63. The van der Waals surface area contributed by atoms with Crippen LogP contribution in [0.5, 0.6) is 0 Å². The Bertz CT molecular complexity index is 1880. The first-order chi connectivity index (χ1) is 26.2. The summed E-state index contributed by atoms with van der Waals surface area (Å²) in [5.41, 5.74) is -0.158. The summed E-state index contributed by atoms with van der Waals surface area (Å²) in [6.45, 7) is 1.08. The molecule has 2 fully saturated rings. The van der Waals surface area contributed by atoms with Crippen molar-refractivity contribution in [1.82, 2.24) is 0 Å². The predicted molar refractivity (Wildman–Crippen MR) is 200 cm³/mol. The summed E-state index contributed by atoms with van der Waals surface area (Å²) in [5, 5.41) is 36.2. The Hall–Kier alpha value is -4.79. The molecular weight excluding hydrogens is 754 g/mol. The minimum Gasteiger partial charge on any atom is -0.460 e. The number of esters is 1. The van der Waals surface area contributed by atoms with Gasteiger partial charge < -0.3 is 18.9 Å². The second-order valence-electron chi connectivity index (χ2n) is 11.7. The molecule has 0 N–H and O–H groups in total. The molecule has 0 heterocycles. The first-order valence-corrected chi connectivity index (χ1v) is 16.7. The Balaban J connectivity index is 0.00000104. The fourth-order valence-corrected chi connectivity index (χ4v) is 5.63. The molecule has 15 heteroatoms. The van der Waals surface area contributed by atoms with Gasteiger partial charge in [0, 0.05) is 42.4 Å². The minimum absolute atomic E-state index is 0. The molecule has 6 rings (SSSR count). The number of nitro groups is 3. The number of nitro benzene ring substituents is 3. The van der Waals surface area contributed by atoms with Gasteiger partial charge in [-0.25, -0.2) is 4.79 Å². The zero-order valence-electron chi connectivity index (χ0n) is 29.5. The van der Waals surface area contributed by atoms with E-state index in [0.29, 0.717) is 18.8 Å². The summed E-state index contributed by atoms with van der Waals surface area (Å²) in [5.74, 6) is 0.0426. The number of hydrogen-bond acceptors (Lipinski definition) is 11. The number of fused-ring (bicyclic) bond motifs is 3. The molecule has 282 valence electrons. The second kappa shape index (κ2) is 21.3. The molecule has 0 atom stereocenters. The molecule has 0 aliphatic heterocycles. The maximum atomic E-state index is 13.5. The summed E-state index contributed by atoms with van der Waals surface area (Å²) < 4.78 is 21.0. The van der Waals surface area contributed by atoms with E-state index in [0.717, 1.165) is 29.7 Å². The Labute approximate surface area is 329 Å². The van der Waals surface area contributed by atoms with Gasteiger partial charge in [0.1, 0.15) is 6.61 Å². The molecule has 55 heavy (non-hydrogen) atoms. The van der Waals surface area contributed by atoms with Crippen molar-refractivity contribution in [3.8, 4) is 11.1 Å². The molecule has 0 saturated heterocycles. The van der Waals surface area contributed by atoms with E-state index in [1.165, 1.54) is 6.07 Å². The van der Waals surface area contributed by atoms with Gasteiger partial charge in [-0.1, -0.05) is 36.4 Å². The number of benzene rings is 3. The molecule has 14 nitrogen and oxygen atoms in total. The molecule has 3 aliphatic carbocycles. The van der Waals surface area contributed by atoms with Crippen LogP contribution in [-0.2, 0) is 36.0 Å². The Morgan fingerprint density at radius 2 is 1.16 bits per heavy atom. The van der Waals surface area contributed by atoms with E-state index in [4.69, 9.17) is 18.9 Å². The minimum atomic E-state index is -0.985. The number of carbonyl (C=O) groups excluding carboxylic acids is 1. The van der Waals surface area contributed by atoms with Crippen LogP contribution < -0.4 is 0 Å². The molecule has 3 aromatic carbocycles. The first kappa shape index (κ1) is 42.9. The number of hydrogen-bond donors (Lipinski definition) is 0. The van der Waals surface area contributed by atoms with Crippen LogP contribution in [-0.4, -0.2) is 67.5 Å². The van der Waals surface area contributed by atoms with Crippen molar-refractivity contribution >= 4 is 40.8 Å². The van der Waals surface area contributed by atoms with E-state index in [1.54, 1.807) is 25.3 Å². The Morgan fingerprint density at radius 3 is 1.73 bits per heavy atom. The van der Waals surface area contributed by atoms with E-state index < -0.39 is 37.8 Å². The van der Waals surface area contributed by atoms with Crippen LogP contribution in [0, 0.1) is 94.0 Å². The maximum absolute atomic E-state index is 13.5. The van der Waals surface area contributed by atoms with Crippen molar-refractivity contribution in [3.63, 3.8) is 0 Å². The van der Waals surface area contributed by atoms with Gasteiger partial charge in [-0.15, -0.1) is 0 Å². The molecule has 0 aromatic heterocycles. The van der Waals surface area contributed by atoms with Gasteiger partial charge in [0.15, 0.2) is 0 Å². The zero-order valence-corrected chi connectivity index (χ0v) is 30.6. The van der Waals surface area contributed by atoms with Crippen LogP contribution in [0.15, 0.2) is 54.6 Å². The quantitative estimate of drug-likeness (QED) is 0.0366. The van der Waals surface area contributed by atoms with Crippen LogP contribution in [0.4, 0.5) is 17.1 Å². The molecular formula is C40H35FeN3O11+2. The van der Waals surface area contributed by atoms with Gasteiger partial charge in [-0.3, -0.25) is 30.3 Å². The van der Waals surface area contributed by atoms with Gasteiger partial charge in [0.25, 0.3) is 17.1 Å². The number of ether oxygens (including phenoxy) is 4. The average Bonchev–Trinajstić information content (AvgIpc) is 3.97. The number of rotatable bonds is 16. The Morgan fingerprint density at radius 1 is 0.636 bits per heavy atom. The van der Waals surface area contributed by atoms with Crippen LogP contribution in [0.3, 0.4) is 0 Å². The second-order valence-corrected chi connectivity index (χ2v) is 11.7. The summed E-state index contributed by atoms with van der Waals surface area (Å²) in [7, 11) is 1.55. The Kier molecular flexibility index (Phi) is 16.7. The molecule has 0 amide bonds. The molecule has 0 unspecified atom stereocenters. The monoisotopic (exact) mass is 789 g/mol. The first-order valence-electron chi connectivity index (χ1n) is 16.7. The number of carbonyl (C=O) groups is 1. The predicted octanol–water partition coefficient (Wildman–Crippen LogP) is 7.25. The molecule has 2 saturated carbocycles. The van der Waals surface area contributed by atoms with Crippen molar-refractivity contribution in [2.75, 3.05) is 46.8 Å². The van der Waals surface area contributed by atoms with Crippen molar-refractivity contribution in [2.45, 2.75) is 0 Å². The van der Waals surface area contributed by atoms with Gasteiger partial charge >= 0.3 is 23.0 Å². The molecule has 3 aromatic rings. The smallest absolute Gasteiger partial charge is 0.460 e. The van der Waals surface area contributed by atoms with Crippen LogP contribution in [0.1, 0.15) is 32.6 Å². The van der Waals surface area contributed by atoms with Crippen LogP contribution >= 0.6 is 0 Å². The zero-order chi connectivity index (χ0) is 38.5. The number of allylic oxidation sites excluding steroid dienone is 1. The van der Waals surface area contributed by atoms with Crippen molar-refractivity contribution in [2.24, 2.45) is 0 Å². The van der Waals surface area contributed by atoms with Crippen LogP contribution in [0.2, 0.25) is 0 Å². The van der Waals surface area contributed by atoms with E-state index in [1.807, 2.05) is 82.1 Å². The topological polar surface area (TPSA) is 183 Å². The largest absolute Gasteiger partial charge is 2.00 e. The third-order valence-corrected chi connectivity index (χ3v) is 8.12. The summed E-state index contributed by atoms with van der Waals surface area (Å²) in [4.78, 5) is 47.4.